The zero-order valence-electron chi connectivity index (χ0n) is 14.6. The van der Waals surface area contributed by atoms with E-state index in [2.05, 4.69) is 35.9 Å². The summed E-state index contributed by atoms with van der Waals surface area (Å²) in [7, 11) is 0. The summed E-state index contributed by atoms with van der Waals surface area (Å²) in [5.41, 5.74) is 4.96. The zero-order chi connectivity index (χ0) is 18.0. The van der Waals surface area contributed by atoms with Gasteiger partial charge in [-0.05, 0) is 43.0 Å². The van der Waals surface area contributed by atoms with Gasteiger partial charge < -0.3 is 14.5 Å². The molecule has 0 amide bonds. The minimum atomic E-state index is -0.442. The molecule has 1 aromatic carbocycles. The Morgan fingerprint density at radius 3 is 2.80 bits per heavy atom. The number of aliphatic imine (C=N–C) groups is 1. The van der Waals surface area contributed by atoms with Crippen LogP contribution >= 0.6 is 0 Å². The molecule has 0 spiro atoms. The Morgan fingerprint density at radius 1 is 1.32 bits per heavy atom. The van der Waals surface area contributed by atoms with Gasteiger partial charge in [0.05, 0.1) is 5.56 Å². The van der Waals surface area contributed by atoms with Crippen LogP contribution in [0, 0.1) is 13.8 Å². The van der Waals surface area contributed by atoms with Crippen LogP contribution in [0.3, 0.4) is 0 Å². The number of allylic oxidation sites excluding steroid dienone is 1. The summed E-state index contributed by atoms with van der Waals surface area (Å²) >= 11 is 0. The van der Waals surface area contributed by atoms with E-state index in [0.29, 0.717) is 17.9 Å². The van der Waals surface area contributed by atoms with Gasteiger partial charge in [-0.25, -0.2) is 4.79 Å². The molecule has 0 aliphatic carbocycles. The quantitative estimate of drug-likeness (QED) is 0.922. The highest BCUT2D eigenvalue weighted by atomic mass is 16.5. The van der Waals surface area contributed by atoms with Gasteiger partial charge in [-0.2, -0.15) is 4.99 Å². The third-order valence-electron chi connectivity index (χ3n) is 4.11. The third kappa shape index (κ3) is 3.40. The van der Waals surface area contributed by atoms with Gasteiger partial charge in [0, 0.05) is 11.8 Å². The second-order valence-electron chi connectivity index (χ2n) is 5.87. The van der Waals surface area contributed by atoms with Gasteiger partial charge in [-0.15, -0.1) is 0 Å². The summed E-state index contributed by atoms with van der Waals surface area (Å²) < 4.78 is 11.0. The van der Waals surface area contributed by atoms with Crippen LogP contribution in [-0.4, -0.2) is 12.6 Å². The van der Waals surface area contributed by atoms with Crippen molar-refractivity contribution in [2.45, 2.75) is 20.8 Å². The topological polar surface area (TPSA) is 63.8 Å². The zero-order valence-corrected chi connectivity index (χ0v) is 14.6. The number of fused-ring (bicyclic) bond motifs is 1. The lowest BCUT2D eigenvalue weighted by Gasteiger charge is -2.20. The number of hydrogen-bond acceptors (Lipinski definition) is 5. The highest BCUT2D eigenvalue weighted by molar-refractivity contribution is 5.93. The van der Waals surface area contributed by atoms with Crippen LogP contribution in [0.1, 0.15) is 29.2 Å². The Balaban J connectivity index is 1.84. The fourth-order valence-corrected chi connectivity index (χ4v) is 2.82. The van der Waals surface area contributed by atoms with Gasteiger partial charge in [0.2, 0.25) is 5.88 Å². The van der Waals surface area contributed by atoms with E-state index in [4.69, 9.17) is 9.15 Å². The normalized spacial score (nSPS) is 13.8. The van der Waals surface area contributed by atoms with Crippen molar-refractivity contribution in [1.29, 1.82) is 0 Å². The van der Waals surface area contributed by atoms with Gasteiger partial charge in [-0.1, -0.05) is 36.9 Å². The maximum absolute atomic E-state index is 11.6. The van der Waals surface area contributed by atoms with Gasteiger partial charge in [0.15, 0.2) is 0 Å². The summed E-state index contributed by atoms with van der Waals surface area (Å²) in [6, 6.07) is 9.80. The van der Waals surface area contributed by atoms with Crippen LogP contribution in [0.2, 0.25) is 0 Å². The number of rotatable bonds is 3. The van der Waals surface area contributed by atoms with E-state index in [9.17, 15) is 4.79 Å². The van der Waals surface area contributed by atoms with Gasteiger partial charge in [0.25, 0.3) is 6.02 Å². The van der Waals surface area contributed by atoms with Gasteiger partial charge in [0.1, 0.15) is 6.61 Å². The van der Waals surface area contributed by atoms with Crippen LogP contribution in [0.25, 0.3) is 11.3 Å². The van der Waals surface area contributed by atoms with Crippen molar-refractivity contribution >= 4 is 23.2 Å². The summed E-state index contributed by atoms with van der Waals surface area (Å²) in [4.78, 5) is 15.8. The SMILES string of the molecule is C=C1NC(OC/C(=C/C)c2ccccc2C)=Nc2oc(=O)cc(C)c21. The average Bonchev–Trinajstić information content (AvgIpc) is 2.55. The Kier molecular flexibility index (Phi) is 4.57. The number of benzene rings is 1. The predicted octanol–water partition coefficient (Wildman–Crippen LogP) is 3.94. The first-order valence-electron chi connectivity index (χ1n) is 8.03. The van der Waals surface area contributed by atoms with Crippen molar-refractivity contribution in [1.82, 2.24) is 5.32 Å². The molecule has 0 unspecified atom stereocenters. The Morgan fingerprint density at radius 2 is 2.08 bits per heavy atom. The van der Waals surface area contributed by atoms with Crippen molar-refractivity contribution in [3.8, 4) is 0 Å². The lowest BCUT2D eigenvalue weighted by atomic mass is 10.0. The highest BCUT2D eigenvalue weighted by Gasteiger charge is 2.21. The average molecular weight is 336 g/mol. The van der Waals surface area contributed by atoms with E-state index in [1.807, 2.05) is 32.1 Å². The van der Waals surface area contributed by atoms with Gasteiger partial charge in [-0.3, -0.25) is 0 Å². The third-order valence-corrected chi connectivity index (χ3v) is 4.11. The molecule has 128 valence electrons. The molecule has 3 rings (SSSR count). The van der Waals surface area contributed by atoms with E-state index in [1.165, 1.54) is 11.6 Å². The van der Waals surface area contributed by atoms with Crippen LogP contribution in [0.5, 0.6) is 0 Å². The molecule has 2 aromatic rings. The van der Waals surface area contributed by atoms with Crippen molar-refractivity contribution in [2.24, 2.45) is 4.99 Å². The molecule has 0 bridgehead atoms. The van der Waals surface area contributed by atoms with Crippen molar-refractivity contribution in [3.05, 3.63) is 75.7 Å². The lowest BCUT2D eigenvalue weighted by molar-refractivity contribution is 0.342. The molecule has 5 heteroatoms. The summed E-state index contributed by atoms with van der Waals surface area (Å²) in [6.45, 7) is 10.2. The number of amidine groups is 1. The summed E-state index contributed by atoms with van der Waals surface area (Å²) in [6.07, 6.45) is 2.01. The van der Waals surface area contributed by atoms with E-state index in [0.717, 1.165) is 16.7 Å². The molecule has 0 atom stereocenters. The molecular formula is C20H20N2O3. The van der Waals surface area contributed by atoms with Crippen LogP contribution in [0.15, 0.2) is 57.2 Å². The highest BCUT2D eigenvalue weighted by Crippen LogP contribution is 2.29. The minimum absolute atomic E-state index is 0.224. The monoisotopic (exact) mass is 336 g/mol. The molecule has 2 heterocycles. The van der Waals surface area contributed by atoms with Crippen LogP contribution in [0.4, 0.5) is 5.88 Å². The first-order valence-corrected chi connectivity index (χ1v) is 8.03. The fraction of sp³-hybridized carbons (Fsp3) is 0.200. The molecular weight excluding hydrogens is 316 g/mol. The van der Waals surface area contributed by atoms with Crippen molar-refractivity contribution in [3.63, 3.8) is 0 Å². The fourth-order valence-electron chi connectivity index (χ4n) is 2.82. The molecule has 0 saturated carbocycles. The largest absolute Gasteiger partial charge is 0.460 e. The molecule has 1 aliphatic rings. The molecule has 1 N–H and O–H groups in total. The van der Waals surface area contributed by atoms with E-state index >= 15 is 0 Å². The smallest absolute Gasteiger partial charge is 0.337 e. The summed E-state index contributed by atoms with van der Waals surface area (Å²) in [5.74, 6) is 0.224. The second kappa shape index (κ2) is 6.81. The lowest BCUT2D eigenvalue weighted by Crippen LogP contribution is -2.28. The number of ether oxygens (including phenoxy) is 1. The number of nitrogens with one attached hydrogen (secondary N) is 1. The molecule has 1 aliphatic heterocycles. The van der Waals surface area contributed by atoms with E-state index < -0.39 is 5.63 Å². The Hall–Kier alpha value is -3.08. The molecule has 1 aromatic heterocycles. The number of nitrogens with zero attached hydrogens (tertiary/aromatic N) is 1. The minimum Gasteiger partial charge on any atom is -0.460 e. The van der Waals surface area contributed by atoms with E-state index in [1.54, 1.807) is 0 Å². The van der Waals surface area contributed by atoms with Gasteiger partial charge >= 0.3 is 5.63 Å². The Labute approximate surface area is 146 Å². The molecule has 0 fully saturated rings. The Bertz CT molecular complexity index is 952. The molecule has 0 radical (unpaired) electrons. The molecule has 25 heavy (non-hydrogen) atoms. The van der Waals surface area contributed by atoms with Crippen molar-refractivity contribution in [2.75, 3.05) is 6.61 Å². The standard InChI is InChI=1S/C20H20N2O3/c1-5-15(16-9-7-6-8-12(16)2)11-24-20-21-14(4)18-13(3)10-17(23)25-19(18)22-20/h5-10H,4,11H2,1-3H3,(H,21,22)/b15-5-. The predicted molar refractivity (Wildman–Crippen MR) is 99.8 cm³/mol. The maximum atomic E-state index is 11.6. The molecule has 5 nitrogen and oxygen atoms in total. The first kappa shape index (κ1) is 16.8. The second-order valence-corrected chi connectivity index (χ2v) is 5.87. The summed E-state index contributed by atoms with van der Waals surface area (Å²) in [5, 5.41) is 3.02. The maximum Gasteiger partial charge on any atom is 0.337 e. The van der Waals surface area contributed by atoms with Crippen LogP contribution in [-0.2, 0) is 4.74 Å². The number of hydrogen-bond donors (Lipinski definition) is 1. The molecule has 0 saturated heterocycles. The van der Waals surface area contributed by atoms with E-state index in [-0.39, 0.29) is 11.9 Å². The number of aryl methyl sites for hydroxylation is 2. The van der Waals surface area contributed by atoms with Crippen LogP contribution < -0.4 is 10.9 Å². The van der Waals surface area contributed by atoms with Crippen molar-refractivity contribution < 1.29 is 9.15 Å². The first-order chi connectivity index (χ1) is 12.0.